The van der Waals surface area contributed by atoms with Crippen molar-refractivity contribution in [2.45, 2.75) is 84.2 Å². The Kier molecular flexibility index (Phi) is 3.91. The minimum Gasteiger partial charge on any atom is -0.391 e. The van der Waals surface area contributed by atoms with Gasteiger partial charge >= 0.3 is 6.18 Å². The first-order valence-electron chi connectivity index (χ1n) is 19.1. The topological polar surface area (TPSA) is 24.8 Å². The van der Waals surface area contributed by atoms with E-state index in [1.54, 1.807) is 0 Å². The number of hydrogen-bond donors (Lipinski definition) is 0. The third kappa shape index (κ3) is 6.46. The van der Waals surface area contributed by atoms with Crippen LogP contribution in [0.2, 0.25) is 0 Å². The van der Waals surface area contributed by atoms with Crippen molar-refractivity contribution in [1.29, 1.82) is 0 Å². The zero-order valence-electron chi connectivity index (χ0n) is 35.3. The van der Waals surface area contributed by atoms with Crippen molar-refractivity contribution >= 4 is 5.71 Å². The van der Waals surface area contributed by atoms with E-state index in [9.17, 15) is 13.2 Å². The van der Waals surface area contributed by atoms with E-state index < -0.39 is 80.0 Å². The van der Waals surface area contributed by atoms with Gasteiger partial charge in [-0.3, -0.25) is 4.90 Å². The molecule has 1 aliphatic heterocycles. The molecule has 4 rings (SSSR count). The minimum absolute atomic E-state index is 0.101. The highest BCUT2D eigenvalue weighted by atomic mass is 19.4. The molecule has 0 amide bonds. The molecule has 0 radical (unpaired) electrons. The number of nitrogens with zero attached hydrogens (tertiary/aromatic N) is 2. The molecule has 3 nitrogen and oxygen atoms in total. The van der Waals surface area contributed by atoms with Crippen LogP contribution in [0.15, 0.2) is 41.6 Å². The van der Waals surface area contributed by atoms with Gasteiger partial charge in [0.15, 0.2) is 0 Å². The molecule has 0 aromatic heterocycles. The van der Waals surface area contributed by atoms with Crippen LogP contribution in [0.5, 0.6) is 0 Å². The van der Waals surface area contributed by atoms with Crippen LogP contribution in [0.25, 0.3) is 0 Å². The zero-order valence-corrected chi connectivity index (χ0v) is 19.3. The average Bonchev–Trinajstić information content (AvgIpc) is 2.95. The van der Waals surface area contributed by atoms with Crippen LogP contribution in [0, 0.1) is 5.89 Å². The first-order chi connectivity index (χ1) is 22.8. The second-order valence-electron chi connectivity index (χ2n) is 8.39. The van der Waals surface area contributed by atoms with Gasteiger partial charge in [-0.1, -0.05) is 55.9 Å². The molecule has 2 aromatic rings. The Morgan fingerprint density at radius 1 is 1.17 bits per heavy atom. The number of likely N-dealkylation sites (tertiary alicyclic amines) is 1. The predicted molar refractivity (Wildman–Crippen MR) is 135 cm³/mol. The van der Waals surface area contributed by atoms with Crippen LogP contribution in [-0.4, -0.2) is 23.7 Å². The largest absolute Gasteiger partial charge is 0.416 e. The molecule has 0 N–H and O–H groups in total. The highest BCUT2D eigenvalue weighted by Gasteiger charge is 2.36. The summed E-state index contributed by atoms with van der Waals surface area (Å²) >= 11 is 0. The number of oxime groups is 1. The van der Waals surface area contributed by atoms with Crippen molar-refractivity contribution in [3.05, 3.63) is 69.8 Å². The number of halogens is 3. The summed E-state index contributed by atoms with van der Waals surface area (Å²) in [7, 11) is 0. The van der Waals surface area contributed by atoms with Crippen LogP contribution in [-0.2, 0) is 30.5 Å². The molecule has 0 bridgehead atoms. The number of alkyl halides is 3. The Hall–Kier alpha value is -2.34. The Bertz CT molecular complexity index is 1650. The molecule has 35 heavy (non-hydrogen) atoms. The maximum atomic E-state index is 14.6. The summed E-state index contributed by atoms with van der Waals surface area (Å²) in [5, 5.41) is 3.70. The lowest BCUT2D eigenvalue weighted by molar-refractivity contribution is -0.138. The summed E-state index contributed by atoms with van der Waals surface area (Å²) in [6.45, 7) is -2.48. The normalized spacial score (nSPS) is 37.4. The van der Waals surface area contributed by atoms with Crippen LogP contribution >= 0.6 is 0 Å². The smallest absolute Gasteiger partial charge is 0.391 e. The quantitative estimate of drug-likeness (QED) is 0.273. The predicted octanol–water partition coefficient (Wildman–Crippen LogP) is 7.71. The van der Waals surface area contributed by atoms with E-state index in [0.717, 1.165) is 25.6 Å². The lowest BCUT2D eigenvalue weighted by atomic mass is 9.78. The van der Waals surface area contributed by atoms with Gasteiger partial charge in [0.05, 0.1) is 14.0 Å². The van der Waals surface area contributed by atoms with Crippen molar-refractivity contribution < 1.29 is 39.9 Å². The lowest BCUT2D eigenvalue weighted by Gasteiger charge is -2.31. The Morgan fingerprint density at radius 2 is 1.94 bits per heavy atom. The van der Waals surface area contributed by atoms with E-state index in [1.165, 1.54) is 25.1 Å². The summed E-state index contributed by atoms with van der Waals surface area (Å²) < 4.78 is 176. The first kappa shape index (κ1) is 12.3. The van der Waals surface area contributed by atoms with Gasteiger partial charge in [-0.15, -0.1) is 0 Å². The van der Waals surface area contributed by atoms with Gasteiger partial charge in [0.2, 0.25) is 0 Å². The first-order valence-corrected chi connectivity index (χ1v) is 11.1. The molecule has 2 aliphatic rings. The van der Waals surface area contributed by atoms with Gasteiger partial charge in [0.1, 0.15) is 6.56 Å². The standard InChI is InChI=1S/C29H37F3N2O/c1-4-23-17-25(11-12-26(23)18-34-14-5-15-34)21(3)33-35-19-22-8-13-27(28(16-22)29(30,31)32)24-9-6-20(2)7-10-24/h8,11-13,16-17,20,24H,4-7,9-10,14-15,18-19H2,1-3H3/b33-21+/i1D3,4D2,6D2,7D2,9D2,10D2,19D2,20D. The second kappa shape index (κ2) is 11.2. The fourth-order valence-corrected chi connectivity index (χ4v) is 3.73. The highest BCUT2D eigenvalue weighted by molar-refractivity contribution is 5.98. The molecule has 1 saturated carbocycles. The SMILES string of the molecule is [2H]C([2H])(O/N=C(\C)c1ccc(CN2CCC2)c(C([2H])([2H])C([2H])([2H])[2H])c1)c1ccc(C2C([2H])([2H])C([2H])([2H])C([2H])(C)C([2H])([2H])C2([2H])[2H])c(C(F)(F)F)c1. The van der Waals surface area contributed by atoms with E-state index in [4.69, 9.17) is 26.8 Å². The molecule has 190 valence electrons. The van der Waals surface area contributed by atoms with E-state index in [2.05, 4.69) is 5.16 Å². The number of rotatable bonds is 8. The molecule has 2 fully saturated rings. The third-order valence-corrected chi connectivity index (χ3v) is 5.83. The summed E-state index contributed by atoms with van der Waals surface area (Å²) in [6.07, 6.45) is -21.4. The van der Waals surface area contributed by atoms with E-state index in [0.29, 0.717) is 18.6 Å². The molecule has 0 unspecified atom stereocenters. The molecular weight excluding hydrogens is 449 g/mol. The van der Waals surface area contributed by atoms with Crippen molar-refractivity contribution in [3.63, 3.8) is 0 Å². The van der Waals surface area contributed by atoms with Crippen molar-refractivity contribution in [1.82, 2.24) is 4.90 Å². The Balaban J connectivity index is 1.76. The van der Waals surface area contributed by atoms with Gasteiger partial charge in [0.25, 0.3) is 0 Å². The van der Waals surface area contributed by atoms with Crippen molar-refractivity contribution in [3.8, 4) is 0 Å². The fourth-order valence-electron chi connectivity index (χ4n) is 3.73. The van der Waals surface area contributed by atoms with Crippen LogP contribution < -0.4 is 0 Å². The van der Waals surface area contributed by atoms with Gasteiger partial charge < -0.3 is 4.84 Å². The zero-order chi connectivity index (χ0) is 39.2. The fraction of sp³-hybridized carbons (Fsp3) is 0.552. The molecular formula is C29H37F3N2O. The molecule has 1 saturated heterocycles. The Labute approximate surface area is 229 Å². The van der Waals surface area contributed by atoms with Gasteiger partial charge in [-0.2, -0.15) is 13.2 Å². The average molecular weight is 503 g/mol. The number of benzene rings is 2. The summed E-state index contributed by atoms with van der Waals surface area (Å²) in [6, 6.07) is 5.67. The van der Waals surface area contributed by atoms with Crippen LogP contribution in [0.1, 0.15) is 114 Å². The van der Waals surface area contributed by atoms with Crippen LogP contribution in [0.3, 0.4) is 0 Å². The van der Waals surface area contributed by atoms with Crippen LogP contribution in [0.4, 0.5) is 13.2 Å². The maximum Gasteiger partial charge on any atom is 0.416 e. The second-order valence-corrected chi connectivity index (χ2v) is 8.39. The number of aryl methyl sites for hydroxylation is 1. The van der Waals surface area contributed by atoms with E-state index in [-0.39, 0.29) is 29.4 Å². The molecule has 1 aliphatic carbocycles. The molecule has 2 aromatic carbocycles. The van der Waals surface area contributed by atoms with Crippen molar-refractivity contribution in [2.75, 3.05) is 13.1 Å². The lowest BCUT2D eigenvalue weighted by Crippen LogP contribution is -2.36. The summed E-state index contributed by atoms with van der Waals surface area (Å²) in [5.74, 6) is -5.84. The van der Waals surface area contributed by atoms with E-state index >= 15 is 0 Å². The Morgan fingerprint density at radius 3 is 2.60 bits per heavy atom. The summed E-state index contributed by atoms with van der Waals surface area (Å²) in [4.78, 5) is 7.01. The van der Waals surface area contributed by atoms with Gasteiger partial charge in [0, 0.05) is 25.7 Å². The third-order valence-electron chi connectivity index (χ3n) is 5.83. The number of hydrogen-bond acceptors (Lipinski definition) is 3. The van der Waals surface area contributed by atoms with Gasteiger partial charge in [-0.05, 0) is 97.3 Å². The molecule has 6 heteroatoms. The highest BCUT2D eigenvalue weighted by Crippen LogP contribution is 2.42. The van der Waals surface area contributed by atoms with Crippen molar-refractivity contribution in [2.24, 2.45) is 11.0 Å². The molecule has 0 atom stereocenters. The summed E-state index contributed by atoms with van der Waals surface area (Å²) in [5.41, 5.74) is -3.54. The maximum absolute atomic E-state index is 14.6. The molecule has 1 heterocycles. The van der Waals surface area contributed by atoms with E-state index in [1.807, 2.05) is 4.90 Å². The molecule has 0 spiro atoms. The van der Waals surface area contributed by atoms with Gasteiger partial charge in [-0.25, -0.2) is 0 Å². The minimum atomic E-state index is -5.41. The monoisotopic (exact) mass is 502 g/mol.